The van der Waals surface area contributed by atoms with Crippen LogP contribution in [0.3, 0.4) is 0 Å². The normalized spacial score (nSPS) is 12.8. The average molecular weight is 326 g/mol. The molecule has 0 bridgehead atoms. The van der Waals surface area contributed by atoms with Crippen LogP contribution in [0.5, 0.6) is 5.75 Å². The first kappa shape index (κ1) is 13.8. The van der Waals surface area contributed by atoms with Crippen molar-refractivity contribution in [3.05, 3.63) is 50.8 Å². The molecular weight excluding hydrogens is 313 g/mol. The number of hydrogen-bond donors (Lipinski definition) is 1. The van der Waals surface area contributed by atoms with Gasteiger partial charge in [0.15, 0.2) is 0 Å². The largest absolute Gasteiger partial charge is 0.490 e. The SMILES string of the molecule is CC(Cc1cccs1)Oc1ccc(Cl)c2[nH]cc(Cl)c12. The van der Waals surface area contributed by atoms with Crippen molar-refractivity contribution in [2.45, 2.75) is 19.4 Å². The van der Waals surface area contributed by atoms with Gasteiger partial charge in [-0.1, -0.05) is 29.3 Å². The van der Waals surface area contributed by atoms with Gasteiger partial charge < -0.3 is 9.72 Å². The van der Waals surface area contributed by atoms with Gasteiger partial charge in [0.1, 0.15) is 11.9 Å². The van der Waals surface area contributed by atoms with Crippen LogP contribution >= 0.6 is 34.5 Å². The maximum atomic E-state index is 6.21. The van der Waals surface area contributed by atoms with Gasteiger partial charge in [0, 0.05) is 17.5 Å². The Morgan fingerprint density at radius 3 is 2.85 bits per heavy atom. The van der Waals surface area contributed by atoms with Crippen LogP contribution in [0, 0.1) is 0 Å². The minimum atomic E-state index is 0.0731. The summed E-state index contributed by atoms with van der Waals surface area (Å²) in [7, 11) is 0. The van der Waals surface area contributed by atoms with Gasteiger partial charge in [-0.25, -0.2) is 0 Å². The third-order valence-electron chi connectivity index (χ3n) is 3.10. The molecule has 0 spiro atoms. The standard InChI is InChI=1S/C15H13Cl2NOS/c1-9(7-10-3-2-6-20-10)19-13-5-4-11(16)15-14(13)12(17)8-18-15/h2-6,8-9,18H,7H2,1H3. The van der Waals surface area contributed by atoms with Crippen molar-refractivity contribution in [2.75, 3.05) is 0 Å². The molecule has 104 valence electrons. The lowest BCUT2D eigenvalue weighted by atomic mass is 10.2. The van der Waals surface area contributed by atoms with Crippen molar-refractivity contribution in [1.82, 2.24) is 4.98 Å². The van der Waals surface area contributed by atoms with Crippen molar-refractivity contribution < 1.29 is 4.74 Å². The van der Waals surface area contributed by atoms with Crippen molar-refractivity contribution in [3.63, 3.8) is 0 Å². The molecule has 0 aliphatic carbocycles. The number of rotatable bonds is 4. The Morgan fingerprint density at radius 1 is 1.25 bits per heavy atom. The molecule has 3 rings (SSSR count). The molecular formula is C15H13Cl2NOS. The number of ether oxygens (including phenoxy) is 1. The number of thiophene rings is 1. The molecule has 1 atom stereocenters. The first-order chi connectivity index (χ1) is 9.65. The molecule has 2 nitrogen and oxygen atoms in total. The first-order valence-electron chi connectivity index (χ1n) is 6.29. The molecule has 0 radical (unpaired) electrons. The Labute approximate surface area is 131 Å². The van der Waals surface area contributed by atoms with E-state index in [1.165, 1.54) is 4.88 Å². The molecule has 0 fully saturated rings. The Morgan fingerprint density at radius 2 is 2.10 bits per heavy atom. The maximum absolute atomic E-state index is 6.21. The molecule has 2 heterocycles. The van der Waals surface area contributed by atoms with Crippen LogP contribution in [0.1, 0.15) is 11.8 Å². The number of H-pyrrole nitrogens is 1. The molecule has 1 unspecified atom stereocenters. The summed E-state index contributed by atoms with van der Waals surface area (Å²) in [6.45, 7) is 2.06. The summed E-state index contributed by atoms with van der Waals surface area (Å²) in [4.78, 5) is 4.38. The predicted octanol–water partition coefficient (Wildman–Crippen LogP) is 5.55. The van der Waals surface area contributed by atoms with E-state index in [2.05, 4.69) is 29.4 Å². The first-order valence-corrected chi connectivity index (χ1v) is 7.93. The number of aromatic amines is 1. The fourth-order valence-electron chi connectivity index (χ4n) is 2.21. The van der Waals surface area contributed by atoms with Crippen LogP contribution in [0.2, 0.25) is 10.0 Å². The van der Waals surface area contributed by atoms with Crippen molar-refractivity contribution >= 4 is 45.4 Å². The van der Waals surface area contributed by atoms with Crippen molar-refractivity contribution in [1.29, 1.82) is 0 Å². The zero-order chi connectivity index (χ0) is 14.1. The molecule has 0 saturated carbocycles. The predicted molar refractivity (Wildman–Crippen MR) is 86.4 cm³/mol. The topological polar surface area (TPSA) is 25.0 Å². The van der Waals surface area contributed by atoms with Crippen LogP contribution in [-0.2, 0) is 6.42 Å². The summed E-state index contributed by atoms with van der Waals surface area (Å²) < 4.78 is 6.04. The van der Waals surface area contributed by atoms with E-state index in [4.69, 9.17) is 27.9 Å². The zero-order valence-electron chi connectivity index (χ0n) is 10.8. The number of hydrogen-bond acceptors (Lipinski definition) is 2. The van der Waals surface area contributed by atoms with Gasteiger partial charge in [0.2, 0.25) is 0 Å². The molecule has 0 aliphatic heterocycles. The molecule has 1 N–H and O–H groups in total. The molecule has 0 amide bonds. The number of fused-ring (bicyclic) bond motifs is 1. The summed E-state index contributed by atoms with van der Waals surface area (Å²) in [5.41, 5.74) is 0.817. The summed E-state index contributed by atoms with van der Waals surface area (Å²) in [6.07, 6.45) is 2.68. The summed E-state index contributed by atoms with van der Waals surface area (Å²) in [6, 6.07) is 7.86. The molecule has 1 aromatic carbocycles. The van der Waals surface area contributed by atoms with Gasteiger partial charge in [-0.2, -0.15) is 0 Å². The van der Waals surface area contributed by atoms with Gasteiger partial charge in [-0.3, -0.25) is 0 Å². The van der Waals surface area contributed by atoms with Gasteiger partial charge in [-0.15, -0.1) is 11.3 Å². The average Bonchev–Trinajstić information content (AvgIpc) is 3.03. The lowest BCUT2D eigenvalue weighted by molar-refractivity contribution is 0.226. The lowest BCUT2D eigenvalue weighted by Crippen LogP contribution is -2.14. The molecule has 2 aromatic heterocycles. The molecule has 0 saturated heterocycles. The second-order valence-electron chi connectivity index (χ2n) is 4.64. The monoisotopic (exact) mass is 325 g/mol. The Hall–Kier alpha value is -1.16. The van der Waals surface area contributed by atoms with Gasteiger partial charge in [0.25, 0.3) is 0 Å². The lowest BCUT2D eigenvalue weighted by Gasteiger charge is -2.15. The van der Waals surface area contributed by atoms with E-state index >= 15 is 0 Å². The fraction of sp³-hybridized carbons (Fsp3) is 0.200. The minimum Gasteiger partial charge on any atom is -0.490 e. The summed E-state index contributed by atoms with van der Waals surface area (Å²) in [5, 5.41) is 4.19. The highest BCUT2D eigenvalue weighted by Gasteiger charge is 2.14. The van der Waals surface area contributed by atoms with Gasteiger partial charge >= 0.3 is 0 Å². The van der Waals surface area contributed by atoms with E-state index in [0.717, 1.165) is 23.1 Å². The number of benzene rings is 1. The number of halogens is 2. The molecule has 3 aromatic rings. The Bertz CT molecular complexity index is 721. The third-order valence-corrected chi connectivity index (χ3v) is 4.61. The summed E-state index contributed by atoms with van der Waals surface area (Å²) >= 11 is 14.1. The maximum Gasteiger partial charge on any atom is 0.130 e. The van der Waals surface area contributed by atoms with E-state index < -0.39 is 0 Å². The van der Waals surface area contributed by atoms with E-state index in [1.807, 2.05) is 12.1 Å². The van der Waals surface area contributed by atoms with Crippen LogP contribution in [0.25, 0.3) is 10.9 Å². The number of nitrogens with one attached hydrogen (secondary N) is 1. The Kier molecular flexibility index (Phi) is 3.92. The highest BCUT2D eigenvalue weighted by atomic mass is 35.5. The van der Waals surface area contributed by atoms with Crippen LogP contribution in [0.4, 0.5) is 0 Å². The molecule has 20 heavy (non-hydrogen) atoms. The van der Waals surface area contributed by atoms with Crippen LogP contribution in [-0.4, -0.2) is 11.1 Å². The smallest absolute Gasteiger partial charge is 0.130 e. The third kappa shape index (κ3) is 2.66. The van der Waals surface area contributed by atoms with E-state index in [0.29, 0.717) is 10.0 Å². The van der Waals surface area contributed by atoms with E-state index in [-0.39, 0.29) is 6.10 Å². The molecule has 5 heteroatoms. The highest BCUT2D eigenvalue weighted by Crippen LogP contribution is 2.36. The second kappa shape index (κ2) is 5.68. The van der Waals surface area contributed by atoms with Crippen LogP contribution in [0.15, 0.2) is 35.8 Å². The van der Waals surface area contributed by atoms with Crippen LogP contribution < -0.4 is 4.74 Å². The van der Waals surface area contributed by atoms with E-state index in [9.17, 15) is 0 Å². The number of aromatic nitrogens is 1. The zero-order valence-corrected chi connectivity index (χ0v) is 13.1. The van der Waals surface area contributed by atoms with E-state index in [1.54, 1.807) is 17.5 Å². The Balaban J connectivity index is 1.87. The minimum absolute atomic E-state index is 0.0731. The van der Waals surface area contributed by atoms with Gasteiger partial charge in [0.05, 0.1) is 20.9 Å². The van der Waals surface area contributed by atoms with Crippen molar-refractivity contribution in [2.24, 2.45) is 0 Å². The summed E-state index contributed by atoms with van der Waals surface area (Å²) in [5.74, 6) is 0.764. The van der Waals surface area contributed by atoms with Gasteiger partial charge in [-0.05, 0) is 30.5 Å². The highest BCUT2D eigenvalue weighted by molar-refractivity contribution is 7.09. The van der Waals surface area contributed by atoms with Crippen molar-refractivity contribution in [3.8, 4) is 5.75 Å². The quantitative estimate of drug-likeness (QED) is 0.668. The second-order valence-corrected chi connectivity index (χ2v) is 6.49. The molecule has 0 aliphatic rings. The fourth-order valence-corrected chi connectivity index (χ4v) is 3.49.